The van der Waals surface area contributed by atoms with Crippen LogP contribution in [0.3, 0.4) is 0 Å². The molecule has 1 unspecified atom stereocenters. The largest absolute Gasteiger partial charge is 0.435 e. The second-order valence-corrected chi connectivity index (χ2v) is 8.92. The van der Waals surface area contributed by atoms with Crippen molar-refractivity contribution in [3.8, 4) is 11.3 Å². The van der Waals surface area contributed by atoms with E-state index in [0.29, 0.717) is 18.7 Å². The number of carbonyl (C=O) groups is 1. The molecule has 6 heteroatoms. The van der Waals surface area contributed by atoms with Crippen LogP contribution in [0.1, 0.15) is 44.4 Å². The van der Waals surface area contributed by atoms with Gasteiger partial charge >= 0.3 is 6.09 Å². The van der Waals surface area contributed by atoms with Gasteiger partial charge in [-0.15, -0.1) is 0 Å². The van der Waals surface area contributed by atoms with Crippen LogP contribution >= 0.6 is 0 Å². The predicted octanol–water partition coefficient (Wildman–Crippen LogP) is 5.70. The van der Waals surface area contributed by atoms with Gasteiger partial charge in [0, 0.05) is 18.5 Å². The third kappa shape index (κ3) is 4.48. The van der Waals surface area contributed by atoms with E-state index in [2.05, 4.69) is 4.98 Å². The molecular formula is C27H29FN2O3. The van der Waals surface area contributed by atoms with Crippen LogP contribution in [0.4, 0.5) is 9.18 Å². The highest BCUT2D eigenvalue weighted by Gasteiger charge is 2.49. The Morgan fingerprint density at radius 2 is 1.73 bits per heavy atom. The van der Waals surface area contributed by atoms with Gasteiger partial charge in [0.05, 0.1) is 17.9 Å². The number of benzene rings is 2. The first kappa shape index (κ1) is 22.9. The zero-order chi connectivity index (χ0) is 23.6. The van der Waals surface area contributed by atoms with Crippen molar-refractivity contribution in [2.24, 2.45) is 5.92 Å². The third-order valence-electron chi connectivity index (χ3n) is 6.48. The second kappa shape index (κ2) is 9.32. The minimum absolute atomic E-state index is 0.0744. The lowest BCUT2D eigenvalue weighted by Crippen LogP contribution is -2.55. The fourth-order valence-corrected chi connectivity index (χ4v) is 4.49. The van der Waals surface area contributed by atoms with Crippen molar-refractivity contribution in [1.29, 1.82) is 0 Å². The molecule has 2 aromatic carbocycles. The maximum Gasteiger partial charge on any atom is 0.411 e. The molecule has 3 aromatic rings. The molecule has 1 amide bonds. The van der Waals surface area contributed by atoms with E-state index in [9.17, 15) is 14.3 Å². The SMILES string of the molecule is CC(C)C(O)[C@@]1(c2ccccc2)CCN([C@@H](C)c2ccc(-c3ccc(F)cn3)cc2)C(=O)O1. The minimum Gasteiger partial charge on any atom is -0.435 e. The summed E-state index contributed by atoms with van der Waals surface area (Å²) in [6.07, 6.45) is 0.426. The number of rotatable bonds is 6. The Balaban J connectivity index is 1.54. The number of ether oxygens (including phenoxy) is 1. The van der Waals surface area contributed by atoms with Crippen LogP contribution in [-0.2, 0) is 10.3 Å². The first-order valence-corrected chi connectivity index (χ1v) is 11.3. The molecule has 33 heavy (non-hydrogen) atoms. The standard InChI is InChI=1S/C27H29FN2O3/c1-18(2)25(31)27(22-7-5-4-6-8-22)15-16-30(26(32)33-27)19(3)20-9-11-21(12-10-20)24-14-13-23(28)17-29-24/h4-14,17-19,25,31H,15-16H2,1-3H3/t19-,25?,27-/m0/s1. The summed E-state index contributed by atoms with van der Waals surface area (Å²) in [6, 6.07) is 20.0. The summed E-state index contributed by atoms with van der Waals surface area (Å²) in [5, 5.41) is 11.0. The molecule has 0 radical (unpaired) electrons. The van der Waals surface area contributed by atoms with Crippen molar-refractivity contribution in [2.45, 2.75) is 44.9 Å². The summed E-state index contributed by atoms with van der Waals surface area (Å²) >= 11 is 0. The third-order valence-corrected chi connectivity index (χ3v) is 6.48. The van der Waals surface area contributed by atoms with Crippen LogP contribution in [-0.4, -0.2) is 33.7 Å². The first-order valence-electron chi connectivity index (χ1n) is 11.3. The molecule has 0 aliphatic carbocycles. The van der Waals surface area contributed by atoms with Crippen molar-refractivity contribution in [1.82, 2.24) is 9.88 Å². The maximum atomic E-state index is 13.2. The normalized spacial score (nSPS) is 20.4. The number of pyridine rings is 1. The Kier molecular flexibility index (Phi) is 6.47. The minimum atomic E-state index is -1.07. The molecule has 0 bridgehead atoms. The number of cyclic esters (lactones) is 1. The van der Waals surface area contributed by atoms with Gasteiger partial charge in [-0.1, -0.05) is 68.4 Å². The molecule has 4 rings (SSSR count). The van der Waals surface area contributed by atoms with E-state index in [-0.39, 0.29) is 17.8 Å². The average Bonchev–Trinajstić information content (AvgIpc) is 2.84. The smallest absolute Gasteiger partial charge is 0.411 e. The fraction of sp³-hybridized carbons (Fsp3) is 0.333. The van der Waals surface area contributed by atoms with Crippen molar-refractivity contribution in [2.75, 3.05) is 6.54 Å². The van der Waals surface area contributed by atoms with Gasteiger partial charge in [-0.3, -0.25) is 4.98 Å². The van der Waals surface area contributed by atoms with Gasteiger partial charge in [-0.2, -0.15) is 0 Å². The number of hydrogen-bond donors (Lipinski definition) is 1. The Morgan fingerprint density at radius 1 is 1.03 bits per heavy atom. The van der Waals surface area contributed by atoms with Crippen molar-refractivity contribution < 1.29 is 19.0 Å². The van der Waals surface area contributed by atoms with Crippen LogP contribution in [0.2, 0.25) is 0 Å². The van der Waals surface area contributed by atoms with Crippen LogP contribution in [0.25, 0.3) is 11.3 Å². The molecule has 1 aliphatic rings. The van der Waals surface area contributed by atoms with Gasteiger partial charge < -0.3 is 14.7 Å². The Hall–Kier alpha value is -3.25. The summed E-state index contributed by atoms with van der Waals surface area (Å²) in [5.41, 5.74) is 2.25. The summed E-state index contributed by atoms with van der Waals surface area (Å²) in [5.74, 6) is -0.448. The van der Waals surface area contributed by atoms with Gasteiger partial charge in [0.25, 0.3) is 0 Å². The van der Waals surface area contributed by atoms with Crippen LogP contribution in [0, 0.1) is 11.7 Å². The quantitative estimate of drug-likeness (QED) is 0.525. The highest BCUT2D eigenvalue weighted by molar-refractivity contribution is 5.70. The number of nitrogens with zero attached hydrogens (tertiary/aromatic N) is 2. The molecular weight excluding hydrogens is 419 g/mol. The van der Waals surface area contributed by atoms with Crippen LogP contribution in [0.15, 0.2) is 72.9 Å². The monoisotopic (exact) mass is 448 g/mol. The molecule has 2 heterocycles. The molecule has 1 fully saturated rings. The average molecular weight is 449 g/mol. The molecule has 0 spiro atoms. The molecule has 5 nitrogen and oxygen atoms in total. The molecule has 1 N–H and O–H groups in total. The molecule has 172 valence electrons. The number of carbonyl (C=O) groups excluding carboxylic acids is 1. The predicted molar refractivity (Wildman–Crippen MR) is 125 cm³/mol. The van der Waals surface area contributed by atoms with E-state index in [0.717, 1.165) is 16.7 Å². The van der Waals surface area contributed by atoms with Crippen molar-refractivity contribution in [3.63, 3.8) is 0 Å². The van der Waals surface area contributed by atoms with E-state index in [1.165, 1.54) is 12.3 Å². The van der Waals surface area contributed by atoms with Crippen molar-refractivity contribution >= 4 is 6.09 Å². The van der Waals surface area contributed by atoms with Gasteiger partial charge in [-0.25, -0.2) is 9.18 Å². The lowest BCUT2D eigenvalue weighted by atomic mass is 9.79. The van der Waals surface area contributed by atoms with E-state index >= 15 is 0 Å². The highest BCUT2D eigenvalue weighted by Crippen LogP contribution is 2.41. The van der Waals surface area contributed by atoms with Crippen molar-refractivity contribution in [3.05, 3.63) is 89.9 Å². The number of halogens is 1. The Morgan fingerprint density at radius 3 is 2.30 bits per heavy atom. The van der Waals surface area contributed by atoms with Gasteiger partial charge in [0.15, 0.2) is 5.60 Å². The van der Waals surface area contributed by atoms with E-state index in [1.54, 1.807) is 11.0 Å². The summed E-state index contributed by atoms with van der Waals surface area (Å²) in [6.45, 7) is 6.27. The Bertz CT molecular complexity index is 1090. The van der Waals surface area contributed by atoms with Crippen LogP contribution in [0.5, 0.6) is 0 Å². The van der Waals surface area contributed by atoms with Gasteiger partial charge in [0.1, 0.15) is 11.9 Å². The maximum absolute atomic E-state index is 13.2. The van der Waals surface area contributed by atoms with E-state index in [4.69, 9.17) is 4.74 Å². The second-order valence-electron chi connectivity index (χ2n) is 8.92. The fourth-order valence-electron chi connectivity index (χ4n) is 4.49. The Labute approximate surface area is 193 Å². The summed E-state index contributed by atoms with van der Waals surface area (Å²) in [4.78, 5) is 19.0. The molecule has 1 aliphatic heterocycles. The zero-order valence-electron chi connectivity index (χ0n) is 19.1. The lowest BCUT2D eigenvalue weighted by Gasteiger charge is -2.46. The number of aromatic nitrogens is 1. The highest BCUT2D eigenvalue weighted by atomic mass is 19.1. The first-order chi connectivity index (χ1) is 15.8. The number of amides is 1. The number of aliphatic hydroxyl groups excluding tert-OH is 1. The van der Waals surface area contributed by atoms with E-state index < -0.39 is 17.8 Å². The molecule has 1 aromatic heterocycles. The molecule has 0 saturated carbocycles. The summed E-state index contributed by atoms with van der Waals surface area (Å²) in [7, 11) is 0. The van der Waals surface area contributed by atoms with Gasteiger partial charge in [-0.05, 0) is 36.1 Å². The van der Waals surface area contributed by atoms with E-state index in [1.807, 2.05) is 75.4 Å². The van der Waals surface area contributed by atoms with Crippen LogP contribution < -0.4 is 0 Å². The number of aliphatic hydroxyl groups is 1. The summed E-state index contributed by atoms with van der Waals surface area (Å²) < 4.78 is 19.2. The number of hydrogen-bond acceptors (Lipinski definition) is 4. The zero-order valence-corrected chi connectivity index (χ0v) is 19.1. The lowest BCUT2D eigenvalue weighted by molar-refractivity contribution is -0.141. The van der Waals surface area contributed by atoms with Gasteiger partial charge in [0.2, 0.25) is 0 Å². The topological polar surface area (TPSA) is 62.7 Å². The molecule has 1 saturated heterocycles. The molecule has 3 atom stereocenters.